The lowest BCUT2D eigenvalue weighted by Gasteiger charge is -2.29. The van der Waals surface area contributed by atoms with Crippen LogP contribution in [0.2, 0.25) is 0 Å². The molecule has 8 heteroatoms. The maximum Gasteiger partial charge on any atom is 0.255 e. The summed E-state index contributed by atoms with van der Waals surface area (Å²) >= 11 is 0. The van der Waals surface area contributed by atoms with Gasteiger partial charge in [-0.15, -0.1) is 5.10 Å². The third-order valence-corrected chi connectivity index (χ3v) is 5.67. The van der Waals surface area contributed by atoms with Crippen LogP contribution < -0.4 is 5.32 Å². The zero-order valence-corrected chi connectivity index (χ0v) is 15.6. The van der Waals surface area contributed by atoms with E-state index in [0.29, 0.717) is 18.5 Å². The van der Waals surface area contributed by atoms with Crippen molar-refractivity contribution in [2.24, 2.45) is 0 Å². The molecule has 1 aliphatic carbocycles. The van der Waals surface area contributed by atoms with Gasteiger partial charge in [-0.2, -0.15) is 0 Å². The van der Waals surface area contributed by atoms with Crippen LogP contribution in [0.5, 0.6) is 0 Å². The number of amides is 3. The normalized spacial score (nSPS) is 23.4. The number of benzene rings is 1. The van der Waals surface area contributed by atoms with Crippen molar-refractivity contribution in [3.63, 3.8) is 0 Å². The Balaban J connectivity index is 1.43. The number of hydrogen-bond donors (Lipinski definition) is 1. The van der Waals surface area contributed by atoms with E-state index >= 15 is 0 Å². The van der Waals surface area contributed by atoms with Crippen LogP contribution >= 0.6 is 0 Å². The number of allylic oxidation sites excluding steroid dienone is 4. The number of imide groups is 1. The zero-order valence-electron chi connectivity index (χ0n) is 15.6. The Hall–Kier alpha value is -3.55. The summed E-state index contributed by atoms with van der Waals surface area (Å²) in [6.07, 6.45) is 11.4. The fraction of sp³-hybridized carbons (Fsp3) is 0.286. The molecule has 146 valence electrons. The molecule has 0 saturated carbocycles. The molecule has 2 aromatic rings. The first-order valence-electron chi connectivity index (χ1n) is 9.63. The highest BCUT2D eigenvalue weighted by Crippen LogP contribution is 2.32. The summed E-state index contributed by atoms with van der Waals surface area (Å²) in [4.78, 5) is 38.0. The Morgan fingerprint density at radius 1 is 1.14 bits per heavy atom. The van der Waals surface area contributed by atoms with Crippen LogP contribution in [0.4, 0.5) is 0 Å². The minimum atomic E-state index is -0.609. The molecule has 3 heterocycles. The third kappa shape index (κ3) is 2.97. The number of nitrogens with zero attached hydrogens (tertiary/aromatic N) is 4. The van der Waals surface area contributed by atoms with Crippen LogP contribution in [0.15, 0.2) is 48.7 Å². The van der Waals surface area contributed by atoms with Crippen LogP contribution in [0.25, 0.3) is 11.3 Å². The smallest absolute Gasteiger partial charge is 0.255 e. The van der Waals surface area contributed by atoms with Gasteiger partial charge in [-0.1, -0.05) is 35.6 Å². The SMILES string of the molecule is O=C1CCC(N2Cc3cc(-c4cnnn4C4C=CC=CC4)ccc3C2=O)C(=O)N1. The molecule has 1 N–H and O–H groups in total. The zero-order chi connectivity index (χ0) is 20.0. The maximum absolute atomic E-state index is 12.8. The molecule has 0 bridgehead atoms. The lowest BCUT2D eigenvalue weighted by molar-refractivity contribution is -0.136. The summed E-state index contributed by atoms with van der Waals surface area (Å²) in [6, 6.07) is 5.15. The van der Waals surface area contributed by atoms with Crippen molar-refractivity contribution in [3.05, 3.63) is 59.8 Å². The van der Waals surface area contributed by atoms with E-state index in [-0.39, 0.29) is 24.3 Å². The fourth-order valence-corrected chi connectivity index (χ4v) is 4.18. The molecule has 8 nitrogen and oxygen atoms in total. The van der Waals surface area contributed by atoms with Gasteiger partial charge in [0.05, 0.1) is 17.9 Å². The van der Waals surface area contributed by atoms with Gasteiger partial charge in [0.15, 0.2) is 0 Å². The molecular formula is C21H19N5O3. The number of fused-ring (bicyclic) bond motifs is 1. The molecule has 1 aromatic heterocycles. The van der Waals surface area contributed by atoms with Crippen LogP contribution in [-0.4, -0.2) is 43.7 Å². The van der Waals surface area contributed by atoms with Crippen molar-refractivity contribution >= 4 is 17.7 Å². The Kier molecular flexibility index (Phi) is 4.12. The highest BCUT2D eigenvalue weighted by molar-refractivity contribution is 6.05. The summed E-state index contributed by atoms with van der Waals surface area (Å²) in [5, 5.41) is 10.7. The van der Waals surface area contributed by atoms with Gasteiger partial charge in [0.25, 0.3) is 5.91 Å². The summed E-state index contributed by atoms with van der Waals surface area (Å²) in [5.74, 6) is -0.861. The Morgan fingerprint density at radius 3 is 2.83 bits per heavy atom. The molecule has 2 unspecified atom stereocenters. The molecule has 29 heavy (non-hydrogen) atoms. The first-order chi connectivity index (χ1) is 14.1. The van der Waals surface area contributed by atoms with Gasteiger partial charge in [0.1, 0.15) is 6.04 Å². The number of nitrogens with one attached hydrogen (secondary N) is 1. The minimum Gasteiger partial charge on any atom is -0.322 e. The summed E-state index contributed by atoms with van der Waals surface area (Å²) in [6.45, 7) is 0.349. The number of carbonyl (C=O) groups is 3. The second-order valence-corrected chi connectivity index (χ2v) is 7.45. The Labute approximate surface area is 166 Å². The second kappa shape index (κ2) is 6.80. The second-order valence-electron chi connectivity index (χ2n) is 7.45. The molecule has 3 amide bonds. The van der Waals surface area contributed by atoms with Crippen molar-refractivity contribution in [3.8, 4) is 11.3 Å². The average molecular weight is 389 g/mol. The van der Waals surface area contributed by atoms with Crippen LogP contribution in [0.1, 0.15) is 41.2 Å². The Morgan fingerprint density at radius 2 is 2.03 bits per heavy atom. The predicted molar refractivity (Wildman–Crippen MR) is 103 cm³/mol. The van der Waals surface area contributed by atoms with Gasteiger partial charge < -0.3 is 4.90 Å². The molecule has 1 saturated heterocycles. The van der Waals surface area contributed by atoms with E-state index in [1.807, 2.05) is 29.0 Å². The van der Waals surface area contributed by atoms with Gasteiger partial charge in [0, 0.05) is 24.1 Å². The molecule has 2 atom stereocenters. The van der Waals surface area contributed by atoms with Crippen molar-refractivity contribution in [2.45, 2.75) is 37.9 Å². The summed E-state index contributed by atoms with van der Waals surface area (Å²) < 4.78 is 1.89. The highest BCUT2D eigenvalue weighted by Gasteiger charge is 2.39. The van der Waals surface area contributed by atoms with E-state index in [9.17, 15) is 14.4 Å². The van der Waals surface area contributed by atoms with Gasteiger partial charge in [-0.25, -0.2) is 4.68 Å². The number of carbonyl (C=O) groups excluding carboxylic acids is 3. The number of rotatable bonds is 3. The topological polar surface area (TPSA) is 97.2 Å². The molecular weight excluding hydrogens is 370 g/mol. The van der Waals surface area contributed by atoms with E-state index < -0.39 is 11.9 Å². The minimum absolute atomic E-state index is 0.104. The largest absolute Gasteiger partial charge is 0.322 e. The van der Waals surface area contributed by atoms with E-state index in [1.54, 1.807) is 17.2 Å². The van der Waals surface area contributed by atoms with E-state index in [4.69, 9.17) is 0 Å². The van der Waals surface area contributed by atoms with Gasteiger partial charge in [0.2, 0.25) is 11.8 Å². The van der Waals surface area contributed by atoms with Crippen LogP contribution in [0, 0.1) is 0 Å². The number of aromatic nitrogens is 3. The van der Waals surface area contributed by atoms with Gasteiger partial charge in [-0.05, 0) is 30.5 Å². The quantitative estimate of drug-likeness (QED) is 0.807. The average Bonchev–Trinajstić information content (AvgIpc) is 3.34. The van der Waals surface area contributed by atoms with Crippen molar-refractivity contribution < 1.29 is 14.4 Å². The third-order valence-electron chi connectivity index (χ3n) is 5.67. The molecule has 0 radical (unpaired) electrons. The maximum atomic E-state index is 12.8. The first kappa shape index (κ1) is 17.5. The summed E-state index contributed by atoms with van der Waals surface area (Å²) in [5.41, 5.74) is 3.27. The van der Waals surface area contributed by atoms with E-state index in [0.717, 1.165) is 23.2 Å². The Bertz CT molecular complexity index is 1080. The molecule has 3 aliphatic rings. The highest BCUT2D eigenvalue weighted by atomic mass is 16.2. The van der Waals surface area contributed by atoms with Gasteiger partial charge in [-0.3, -0.25) is 19.7 Å². The van der Waals surface area contributed by atoms with Crippen LogP contribution in [0.3, 0.4) is 0 Å². The van der Waals surface area contributed by atoms with E-state index in [2.05, 4.69) is 27.8 Å². The lowest BCUT2D eigenvalue weighted by Crippen LogP contribution is -2.52. The molecule has 5 rings (SSSR count). The number of hydrogen-bond acceptors (Lipinski definition) is 5. The molecule has 1 aromatic carbocycles. The monoisotopic (exact) mass is 389 g/mol. The molecule has 1 fully saturated rings. The van der Waals surface area contributed by atoms with E-state index in [1.165, 1.54) is 0 Å². The summed E-state index contributed by atoms with van der Waals surface area (Å²) in [7, 11) is 0. The predicted octanol–water partition coefficient (Wildman–Crippen LogP) is 1.76. The van der Waals surface area contributed by atoms with Crippen molar-refractivity contribution in [1.29, 1.82) is 0 Å². The molecule has 0 spiro atoms. The van der Waals surface area contributed by atoms with Gasteiger partial charge >= 0.3 is 0 Å². The molecule has 2 aliphatic heterocycles. The standard InChI is InChI=1S/C21H19N5O3/c27-19-9-8-17(20(28)23-19)25-12-14-10-13(6-7-16(14)21(25)29)18-11-22-24-26(18)15-4-2-1-3-5-15/h1-4,6-7,10-11,15,17H,5,8-9,12H2,(H,23,27,28). The van der Waals surface area contributed by atoms with Crippen molar-refractivity contribution in [2.75, 3.05) is 0 Å². The van der Waals surface area contributed by atoms with Crippen molar-refractivity contribution in [1.82, 2.24) is 25.2 Å². The fourth-order valence-electron chi connectivity index (χ4n) is 4.18. The van der Waals surface area contributed by atoms with Crippen LogP contribution in [-0.2, 0) is 16.1 Å². The first-order valence-corrected chi connectivity index (χ1v) is 9.63. The number of piperidine rings is 1. The lowest BCUT2D eigenvalue weighted by atomic mass is 10.0.